The third-order valence-electron chi connectivity index (χ3n) is 3.69. The first-order valence-corrected chi connectivity index (χ1v) is 7.37. The second-order valence-electron chi connectivity index (χ2n) is 5.41. The van der Waals surface area contributed by atoms with Crippen LogP contribution in [-0.4, -0.2) is 29.5 Å². The summed E-state index contributed by atoms with van der Waals surface area (Å²) in [5.41, 5.74) is 1.79. The van der Waals surface area contributed by atoms with Crippen molar-refractivity contribution in [1.82, 2.24) is 4.90 Å². The third-order valence-corrected chi connectivity index (χ3v) is 3.69. The van der Waals surface area contributed by atoms with Crippen molar-refractivity contribution in [2.24, 2.45) is 5.92 Å². The highest BCUT2D eigenvalue weighted by Crippen LogP contribution is 2.31. The summed E-state index contributed by atoms with van der Waals surface area (Å²) in [6.07, 6.45) is 2.66. The SMILES string of the molecule is CCNc1ccc(CN(CC)CC2CC2)cc1[N+](=O)[O-]. The quantitative estimate of drug-likeness (QED) is 0.585. The highest BCUT2D eigenvalue weighted by molar-refractivity contribution is 5.62. The number of anilines is 1. The van der Waals surface area contributed by atoms with Crippen LogP contribution in [0.4, 0.5) is 11.4 Å². The van der Waals surface area contributed by atoms with Crippen LogP contribution in [0, 0.1) is 16.0 Å². The fraction of sp³-hybridized carbons (Fsp3) is 0.600. The summed E-state index contributed by atoms with van der Waals surface area (Å²) in [6.45, 7) is 7.65. The summed E-state index contributed by atoms with van der Waals surface area (Å²) in [4.78, 5) is 13.2. The van der Waals surface area contributed by atoms with Crippen LogP contribution in [-0.2, 0) is 6.54 Å². The molecule has 1 aromatic carbocycles. The molecule has 1 fully saturated rings. The molecule has 5 nitrogen and oxygen atoms in total. The molecule has 0 aromatic heterocycles. The molecule has 1 saturated carbocycles. The lowest BCUT2D eigenvalue weighted by atomic mass is 10.1. The van der Waals surface area contributed by atoms with Crippen LogP contribution in [0.25, 0.3) is 0 Å². The molecule has 0 radical (unpaired) electrons. The highest BCUT2D eigenvalue weighted by Gasteiger charge is 2.24. The zero-order chi connectivity index (χ0) is 14.5. The first kappa shape index (κ1) is 14.8. The Morgan fingerprint density at radius 2 is 2.15 bits per heavy atom. The predicted octanol–water partition coefficient (Wildman–Crippen LogP) is 3.26. The number of hydrogen-bond acceptors (Lipinski definition) is 4. The van der Waals surface area contributed by atoms with Gasteiger partial charge in [0.1, 0.15) is 5.69 Å². The van der Waals surface area contributed by atoms with Gasteiger partial charge in [0.2, 0.25) is 0 Å². The van der Waals surface area contributed by atoms with Gasteiger partial charge in [-0.05, 0) is 43.9 Å². The molecule has 0 bridgehead atoms. The smallest absolute Gasteiger partial charge is 0.292 e. The number of nitro groups is 1. The van der Waals surface area contributed by atoms with Crippen molar-refractivity contribution in [2.75, 3.05) is 25.0 Å². The molecule has 110 valence electrons. The summed E-state index contributed by atoms with van der Waals surface area (Å²) in [5.74, 6) is 0.839. The van der Waals surface area contributed by atoms with E-state index in [9.17, 15) is 10.1 Å². The summed E-state index contributed by atoms with van der Waals surface area (Å²) in [5, 5.41) is 14.2. The van der Waals surface area contributed by atoms with Crippen molar-refractivity contribution in [1.29, 1.82) is 0 Å². The van der Waals surface area contributed by atoms with Crippen molar-refractivity contribution < 1.29 is 4.92 Å². The van der Waals surface area contributed by atoms with E-state index in [1.165, 1.54) is 12.8 Å². The molecule has 0 amide bonds. The van der Waals surface area contributed by atoms with Crippen LogP contribution in [0.15, 0.2) is 18.2 Å². The summed E-state index contributed by atoms with van der Waals surface area (Å²) in [7, 11) is 0. The van der Waals surface area contributed by atoms with Crippen molar-refractivity contribution in [3.63, 3.8) is 0 Å². The largest absolute Gasteiger partial charge is 0.380 e. The monoisotopic (exact) mass is 277 g/mol. The third kappa shape index (κ3) is 3.93. The number of nitro benzene ring substituents is 1. The van der Waals surface area contributed by atoms with Crippen LogP contribution >= 0.6 is 0 Å². The molecule has 0 heterocycles. The molecule has 0 aliphatic heterocycles. The molecule has 5 heteroatoms. The molecular formula is C15H23N3O2. The Morgan fingerprint density at radius 3 is 2.70 bits per heavy atom. The Hall–Kier alpha value is -1.62. The lowest BCUT2D eigenvalue weighted by Gasteiger charge is -2.20. The molecule has 1 aliphatic carbocycles. The first-order valence-electron chi connectivity index (χ1n) is 7.37. The number of nitrogens with zero attached hydrogens (tertiary/aromatic N) is 2. The second-order valence-corrected chi connectivity index (χ2v) is 5.41. The maximum Gasteiger partial charge on any atom is 0.292 e. The topological polar surface area (TPSA) is 58.4 Å². The summed E-state index contributed by atoms with van der Waals surface area (Å²) >= 11 is 0. The second kappa shape index (κ2) is 6.70. The molecule has 2 rings (SSSR count). The van der Waals surface area contributed by atoms with Crippen molar-refractivity contribution in [2.45, 2.75) is 33.2 Å². The van der Waals surface area contributed by atoms with E-state index in [-0.39, 0.29) is 10.6 Å². The van der Waals surface area contributed by atoms with E-state index in [0.717, 1.165) is 31.1 Å². The molecule has 20 heavy (non-hydrogen) atoms. The zero-order valence-electron chi connectivity index (χ0n) is 12.3. The Kier molecular flexibility index (Phi) is 4.95. The van der Waals surface area contributed by atoms with Gasteiger partial charge in [0.15, 0.2) is 0 Å². The number of nitrogens with one attached hydrogen (secondary N) is 1. The molecule has 1 aromatic rings. The lowest BCUT2D eigenvalue weighted by molar-refractivity contribution is -0.384. The zero-order valence-corrected chi connectivity index (χ0v) is 12.3. The maximum absolute atomic E-state index is 11.1. The van der Waals surface area contributed by atoms with E-state index in [0.29, 0.717) is 12.2 Å². The van der Waals surface area contributed by atoms with E-state index >= 15 is 0 Å². The Bertz CT molecular complexity index is 472. The standard InChI is InChI=1S/C15H23N3O2/c1-3-16-14-8-7-13(9-15(14)18(19)20)11-17(4-2)10-12-5-6-12/h7-9,12,16H,3-6,10-11H2,1-2H3. The van der Waals surface area contributed by atoms with Gasteiger partial charge in [0.25, 0.3) is 5.69 Å². The van der Waals surface area contributed by atoms with Gasteiger partial charge >= 0.3 is 0 Å². The van der Waals surface area contributed by atoms with Gasteiger partial charge in [-0.3, -0.25) is 15.0 Å². The van der Waals surface area contributed by atoms with Crippen LogP contribution in [0.1, 0.15) is 32.3 Å². The fourth-order valence-corrected chi connectivity index (χ4v) is 2.40. The molecule has 0 spiro atoms. The van der Waals surface area contributed by atoms with Crippen molar-refractivity contribution in [3.05, 3.63) is 33.9 Å². The van der Waals surface area contributed by atoms with Gasteiger partial charge in [-0.15, -0.1) is 0 Å². The van der Waals surface area contributed by atoms with Crippen LogP contribution < -0.4 is 5.32 Å². The summed E-state index contributed by atoms with van der Waals surface area (Å²) in [6, 6.07) is 5.51. The molecule has 1 aliphatic rings. The highest BCUT2D eigenvalue weighted by atomic mass is 16.6. The average Bonchev–Trinajstić information content (AvgIpc) is 3.23. The Balaban J connectivity index is 2.10. The minimum Gasteiger partial charge on any atom is -0.380 e. The van der Waals surface area contributed by atoms with Gasteiger partial charge in [-0.2, -0.15) is 0 Å². The molecule has 1 N–H and O–H groups in total. The maximum atomic E-state index is 11.1. The van der Waals surface area contributed by atoms with Crippen LogP contribution in [0.5, 0.6) is 0 Å². The normalized spacial score (nSPS) is 14.6. The Morgan fingerprint density at radius 1 is 1.40 bits per heavy atom. The molecular weight excluding hydrogens is 254 g/mol. The van der Waals surface area contributed by atoms with Gasteiger partial charge in [0.05, 0.1) is 4.92 Å². The minimum atomic E-state index is -0.307. The van der Waals surface area contributed by atoms with E-state index in [2.05, 4.69) is 17.1 Å². The van der Waals surface area contributed by atoms with Crippen molar-refractivity contribution >= 4 is 11.4 Å². The predicted molar refractivity (Wildman–Crippen MR) is 80.9 cm³/mol. The molecule has 0 unspecified atom stereocenters. The number of benzene rings is 1. The minimum absolute atomic E-state index is 0.173. The number of hydrogen-bond donors (Lipinski definition) is 1. The molecule has 0 saturated heterocycles. The Labute approximate surface area is 120 Å². The van der Waals surface area contributed by atoms with Crippen LogP contribution in [0.3, 0.4) is 0 Å². The van der Waals surface area contributed by atoms with E-state index in [1.54, 1.807) is 6.07 Å². The van der Waals surface area contributed by atoms with Gasteiger partial charge in [0, 0.05) is 25.7 Å². The average molecular weight is 277 g/mol. The van der Waals surface area contributed by atoms with Gasteiger partial charge in [-0.1, -0.05) is 13.0 Å². The summed E-state index contributed by atoms with van der Waals surface area (Å²) < 4.78 is 0. The fourth-order valence-electron chi connectivity index (χ4n) is 2.40. The van der Waals surface area contributed by atoms with Crippen LogP contribution in [0.2, 0.25) is 0 Å². The lowest BCUT2D eigenvalue weighted by Crippen LogP contribution is -2.25. The van der Waals surface area contributed by atoms with Crippen molar-refractivity contribution in [3.8, 4) is 0 Å². The number of rotatable bonds is 8. The first-order chi connectivity index (χ1) is 9.63. The van der Waals surface area contributed by atoms with Gasteiger partial charge < -0.3 is 5.32 Å². The van der Waals surface area contributed by atoms with Gasteiger partial charge in [-0.25, -0.2) is 0 Å². The van der Waals surface area contributed by atoms with E-state index < -0.39 is 0 Å². The molecule has 0 atom stereocenters. The van der Waals surface area contributed by atoms with E-state index in [4.69, 9.17) is 0 Å². The van der Waals surface area contributed by atoms with E-state index in [1.807, 2.05) is 19.1 Å².